The van der Waals surface area contributed by atoms with Gasteiger partial charge in [0.25, 0.3) is 11.2 Å². The van der Waals surface area contributed by atoms with Crippen LogP contribution in [-0.4, -0.2) is 14.9 Å². The second-order valence-corrected chi connectivity index (χ2v) is 6.34. The molecule has 1 atom stereocenters. The van der Waals surface area contributed by atoms with Crippen LogP contribution in [0.1, 0.15) is 29.3 Å². The number of nitrogens with zero attached hydrogens (tertiary/aromatic N) is 2. The Hall–Kier alpha value is -2.35. The average molecular weight is 318 g/mol. The van der Waals surface area contributed by atoms with Gasteiger partial charge in [0, 0.05) is 22.3 Å². The summed E-state index contributed by atoms with van der Waals surface area (Å²) in [5, 5.41) is 10.7. The maximum atomic E-state index is 12.2. The molecule has 0 fully saturated rings. The highest BCUT2D eigenvalue weighted by molar-refractivity contribution is 7.99. The van der Waals surface area contributed by atoms with Crippen LogP contribution in [0.4, 0.5) is 11.6 Å². The van der Waals surface area contributed by atoms with Gasteiger partial charge in [-0.05, 0) is 31.4 Å². The van der Waals surface area contributed by atoms with E-state index in [4.69, 9.17) is 5.73 Å². The van der Waals surface area contributed by atoms with Crippen LogP contribution in [0.3, 0.4) is 0 Å². The van der Waals surface area contributed by atoms with Crippen molar-refractivity contribution in [1.29, 1.82) is 0 Å². The molecule has 1 aromatic heterocycles. The Morgan fingerprint density at radius 2 is 2.09 bits per heavy atom. The minimum Gasteiger partial charge on any atom is -0.369 e. The van der Waals surface area contributed by atoms with Crippen molar-refractivity contribution in [2.45, 2.75) is 29.4 Å². The van der Waals surface area contributed by atoms with Crippen molar-refractivity contribution in [3.05, 3.63) is 56.0 Å². The molecule has 3 rings (SSSR count). The smallest absolute Gasteiger partial charge is 0.269 e. The maximum Gasteiger partial charge on any atom is 0.269 e. The minimum atomic E-state index is -0.429. The van der Waals surface area contributed by atoms with Crippen molar-refractivity contribution < 1.29 is 4.92 Å². The summed E-state index contributed by atoms with van der Waals surface area (Å²) in [5.74, 6) is 0.143. The number of nitrogen functional groups attached to an aromatic ring is 1. The van der Waals surface area contributed by atoms with Crippen LogP contribution < -0.4 is 11.3 Å². The number of nitro groups is 1. The molecule has 7 nitrogen and oxygen atoms in total. The van der Waals surface area contributed by atoms with Gasteiger partial charge in [-0.3, -0.25) is 19.9 Å². The number of anilines is 1. The van der Waals surface area contributed by atoms with E-state index in [1.165, 1.54) is 23.9 Å². The molecule has 8 heteroatoms. The molecule has 1 heterocycles. The van der Waals surface area contributed by atoms with Gasteiger partial charge in [0.2, 0.25) is 5.95 Å². The molecular weight excluding hydrogens is 304 g/mol. The number of non-ortho nitro benzene ring substituents is 1. The molecule has 1 aliphatic carbocycles. The first-order chi connectivity index (χ1) is 10.5. The Morgan fingerprint density at radius 1 is 1.36 bits per heavy atom. The van der Waals surface area contributed by atoms with E-state index in [0.717, 1.165) is 29.9 Å². The Bertz CT molecular complexity index is 773. The number of hydrogen-bond acceptors (Lipinski definition) is 6. The highest BCUT2D eigenvalue weighted by atomic mass is 32.2. The summed E-state index contributed by atoms with van der Waals surface area (Å²) in [7, 11) is 0. The van der Waals surface area contributed by atoms with Crippen LogP contribution in [0, 0.1) is 10.1 Å². The predicted octanol–water partition coefficient (Wildman–Crippen LogP) is 2.43. The van der Waals surface area contributed by atoms with Crippen molar-refractivity contribution in [2.75, 3.05) is 5.73 Å². The number of nitrogens with one attached hydrogen (secondary N) is 1. The van der Waals surface area contributed by atoms with E-state index in [1.807, 2.05) is 0 Å². The minimum absolute atomic E-state index is 0.0120. The molecule has 0 saturated carbocycles. The summed E-state index contributed by atoms with van der Waals surface area (Å²) in [5.41, 5.74) is 6.88. The fraction of sp³-hybridized carbons (Fsp3) is 0.286. The van der Waals surface area contributed by atoms with Crippen LogP contribution in [0.25, 0.3) is 0 Å². The zero-order valence-electron chi connectivity index (χ0n) is 11.6. The van der Waals surface area contributed by atoms with Crippen LogP contribution in [0.15, 0.2) is 34.0 Å². The van der Waals surface area contributed by atoms with Crippen molar-refractivity contribution in [1.82, 2.24) is 9.97 Å². The van der Waals surface area contributed by atoms with Crippen LogP contribution >= 0.6 is 11.8 Å². The van der Waals surface area contributed by atoms with Crippen LogP contribution in [-0.2, 0) is 6.42 Å². The summed E-state index contributed by atoms with van der Waals surface area (Å²) in [6.07, 6.45) is 2.55. The zero-order valence-corrected chi connectivity index (χ0v) is 12.4. The first-order valence-corrected chi connectivity index (χ1v) is 7.72. The monoisotopic (exact) mass is 318 g/mol. The molecule has 1 aromatic carbocycles. The number of hydrogen-bond donors (Lipinski definition) is 2. The van der Waals surface area contributed by atoms with Crippen LogP contribution in [0.5, 0.6) is 0 Å². The Morgan fingerprint density at radius 3 is 2.77 bits per heavy atom. The lowest BCUT2D eigenvalue weighted by Crippen LogP contribution is -2.24. The molecule has 1 aliphatic rings. The van der Waals surface area contributed by atoms with Gasteiger partial charge < -0.3 is 5.73 Å². The average Bonchev–Trinajstić information content (AvgIpc) is 2.47. The summed E-state index contributed by atoms with van der Waals surface area (Å²) in [4.78, 5) is 30.1. The lowest BCUT2D eigenvalue weighted by molar-refractivity contribution is -0.384. The largest absolute Gasteiger partial charge is 0.369 e. The molecular formula is C14H14N4O3S. The van der Waals surface area contributed by atoms with Gasteiger partial charge in [-0.2, -0.15) is 0 Å². The maximum absolute atomic E-state index is 12.2. The summed E-state index contributed by atoms with van der Waals surface area (Å²) in [6, 6.07) is 6.35. The Balaban J connectivity index is 1.89. The van der Waals surface area contributed by atoms with E-state index in [9.17, 15) is 14.9 Å². The van der Waals surface area contributed by atoms with Gasteiger partial charge in [0.1, 0.15) is 0 Å². The fourth-order valence-electron chi connectivity index (χ4n) is 2.60. The number of nitrogens with two attached hydrogens (primary N) is 1. The van der Waals surface area contributed by atoms with E-state index in [-0.39, 0.29) is 22.4 Å². The number of H-pyrrole nitrogens is 1. The quantitative estimate of drug-likeness (QED) is 0.663. The topological polar surface area (TPSA) is 115 Å². The van der Waals surface area contributed by atoms with Gasteiger partial charge >= 0.3 is 0 Å². The molecule has 2 aromatic rings. The normalized spacial score (nSPS) is 17.0. The van der Waals surface area contributed by atoms with Crippen molar-refractivity contribution >= 4 is 23.4 Å². The first-order valence-electron chi connectivity index (χ1n) is 6.84. The lowest BCUT2D eigenvalue weighted by Gasteiger charge is -2.23. The van der Waals surface area contributed by atoms with E-state index in [0.29, 0.717) is 5.56 Å². The second-order valence-electron chi connectivity index (χ2n) is 5.06. The number of nitro benzene ring substituents is 1. The Kier molecular flexibility index (Phi) is 3.84. The van der Waals surface area contributed by atoms with Crippen molar-refractivity contribution in [2.24, 2.45) is 0 Å². The van der Waals surface area contributed by atoms with Gasteiger partial charge in [-0.15, -0.1) is 11.8 Å². The number of aromatic nitrogens is 2. The molecule has 3 N–H and O–H groups in total. The highest BCUT2D eigenvalue weighted by Crippen LogP contribution is 2.41. The zero-order chi connectivity index (χ0) is 15.7. The second kappa shape index (κ2) is 5.80. The van der Waals surface area contributed by atoms with Crippen molar-refractivity contribution in [3.63, 3.8) is 0 Å². The lowest BCUT2D eigenvalue weighted by atomic mass is 9.97. The molecule has 0 radical (unpaired) electrons. The third-order valence-electron chi connectivity index (χ3n) is 3.58. The van der Waals surface area contributed by atoms with Gasteiger partial charge in [-0.1, -0.05) is 0 Å². The fourth-order valence-corrected chi connectivity index (χ4v) is 3.87. The number of aromatic amines is 1. The SMILES string of the molecule is Nc1nc2c(c(=O)[nH]1)C(Sc1ccc([N+](=O)[O-])cc1)CCC2. The van der Waals surface area contributed by atoms with Gasteiger partial charge in [0.05, 0.1) is 16.2 Å². The van der Waals surface area contributed by atoms with Gasteiger partial charge in [-0.25, -0.2) is 4.98 Å². The third kappa shape index (κ3) is 2.82. The Labute approximate surface area is 130 Å². The molecule has 0 amide bonds. The number of thioether (sulfide) groups is 1. The summed E-state index contributed by atoms with van der Waals surface area (Å²) < 4.78 is 0. The molecule has 0 saturated heterocycles. The van der Waals surface area contributed by atoms with Crippen molar-refractivity contribution in [3.8, 4) is 0 Å². The number of benzene rings is 1. The first kappa shape index (κ1) is 14.6. The molecule has 0 bridgehead atoms. The predicted molar refractivity (Wildman–Crippen MR) is 83.9 cm³/mol. The third-order valence-corrected chi connectivity index (χ3v) is 4.88. The standard InChI is InChI=1S/C14H14N4O3S/c15-14-16-10-2-1-3-11(12(10)13(19)17-14)22-9-6-4-8(5-7-9)18(20)21/h4-7,11H,1-3H2,(H3,15,16,17,19). The van der Waals surface area contributed by atoms with Gasteiger partial charge in [0.15, 0.2) is 0 Å². The molecule has 0 spiro atoms. The summed E-state index contributed by atoms with van der Waals surface area (Å²) in [6.45, 7) is 0. The summed E-state index contributed by atoms with van der Waals surface area (Å²) >= 11 is 1.52. The molecule has 0 aliphatic heterocycles. The number of rotatable bonds is 3. The number of aryl methyl sites for hydroxylation is 1. The number of fused-ring (bicyclic) bond motifs is 1. The molecule has 22 heavy (non-hydrogen) atoms. The molecule has 1 unspecified atom stereocenters. The van der Waals surface area contributed by atoms with E-state index < -0.39 is 4.92 Å². The molecule has 114 valence electrons. The van der Waals surface area contributed by atoms with E-state index >= 15 is 0 Å². The van der Waals surface area contributed by atoms with E-state index in [1.54, 1.807) is 12.1 Å². The van der Waals surface area contributed by atoms with Crippen LogP contribution in [0.2, 0.25) is 0 Å². The highest BCUT2D eigenvalue weighted by Gasteiger charge is 2.26. The van der Waals surface area contributed by atoms with E-state index in [2.05, 4.69) is 9.97 Å².